The van der Waals surface area contributed by atoms with Gasteiger partial charge in [-0.05, 0) is 24.6 Å². The highest BCUT2D eigenvalue weighted by molar-refractivity contribution is 8.00. The lowest BCUT2D eigenvalue weighted by atomic mass is 10.1. The summed E-state index contributed by atoms with van der Waals surface area (Å²) < 4.78 is 5.17. The minimum Gasteiger partial charge on any atom is -0.349 e. The summed E-state index contributed by atoms with van der Waals surface area (Å²) in [7, 11) is 0. The minimum absolute atomic E-state index is 0.0446. The van der Waals surface area contributed by atoms with E-state index in [1.807, 2.05) is 56.3 Å². The molecule has 0 radical (unpaired) electrons. The van der Waals surface area contributed by atoms with Gasteiger partial charge in [0.05, 0.1) is 17.4 Å². The number of hydrogen-bond donors (Lipinski definition) is 1. The van der Waals surface area contributed by atoms with Crippen LogP contribution in [-0.4, -0.2) is 26.8 Å². The third kappa shape index (κ3) is 4.49. The van der Waals surface area contributed by atoms with Crippen molar-refractivity contribution in [2.75, 3.05) is 5.75 Å². The number of benzene rings is 1. The number of thioether (sulfide) groups is 1. The zero-order chi connectivity index (χ0) is 18.4. The number of nitrogens with zero attached hydrogens (tertiary/aromatic N) is 3. The highest BCUT2D eigenvalue weighted by atomic mass is 32.2. The zero-order valence-electron chi connectivity index (χ0n) is 14.7. The summed E-state index contributed by atoms with van der Waals surface area (Å²) in [5, 5.41) is 7.70. The molecule has 3 aromatic rings. The SMILES string of the molecule is CCc1nc(-c2cccnc2SCC(=O)N[C@@H](C)c2ccccc2)no1. The molecular weight excluding hydrogens is 348 g/mol. The Morgan fingerprint density at radius 2 is 2.04 bits per heavy atom. The Balaban J connectivity index is 1.63. The Hall–Kier alpha value is -2.67. The van der Waals surface area contributed by atoms with Crippen molar-refractivity contribution in [3.05, 3.63) is 60.1 Å². The van der Waals surface area contributed by atoms with E-state index in [2.05, 4.69) is 20.4 Å². The number of aromatic nitrogens is 3. The molecule has 0 saturated carbocycles. The lowest BCUT2D eigenvalue weighted by molar-refractivity contribution is -0.119. The Bertz CT molecular complexity index is 867. The summed E-state index contributed by atoms with van der Waals surface area (Å²) in [5.74, 6) is 1.29. The molecule has 0 aliphatic carbocycles. The normalized spacial score (nSPS) is 11.9. The van der Waals surface area contributed by atoms with Crippen LogP contribution in [0.5, 0.6) is 0 Å². The number of amides is 1. The van der Waals surface area contributed by atoms with Crippen LogP contribution in [-0.2, 0) is 11.2 Å². The maximum Gasteiger partial charge on any atom is 0.230 e. The molecule has 1 atom stereocenters. The fraction of sp³-hybridized carbons (Fsp3) is 0.263. The van der Waals surface area contributed by atoms with Gasteiger partial charge in [0, 0.05) is 12.6 Å². The van der Waals surface area contributed by atoms with Crippen molar-refractivity contribution in [1.82, 2.24) is 20.4 Å². The molecule has 7 heteroatoms. The van der Waals surface area contributed by atoms with Crippen LogP contribution < -0.4 is 5.32 Å². The molecule has 0 fully saturated rings. The summed E-state index contributed by atoms with van der Waals surface area (Å²) in [6.07, 6.45) is 2.37. The monoisotopic (exact) mass is 368 g/mol. The van der Waals surface area contributed by atoms with Crippen molar-refractivity contribution in [2.24, 2.45) is 0 Å². The Kier molecular flexibility index (Phi) is 6.01. The van der Waals surface area contributed by atoms with Crippen LogP contribution in [0.15, 0.2) is 58.2 Å². The van der Waals surface area contributed by atoms with Crippen molar-refractivity contribution >= 4 is 17.7 Å². The molecular formula is C19H20N4O2S. The quantitative estimate of drug-likeness (QED) is 0.641. The number of nitrogens with one attached hydrogen (secondary N) is 1. The fourth-order valence-electron chi connectivity index (χ4n) is 2.43. The molecule has 0 saturated heterocycles. The Morgan fingerprint density at radius 1 is 1.23 bits per heavy atom. The van der Waals surface area contributed by atoms with Gasteiger partial charge < -0.3 is 9.84 Å². The van der Waals surface area contributed by atoms with Gasteiger partial charge in [0.15, 0.2) is 0 Å². The second-order valence-corrected chi connectivity index (χ2v) is 6.67. The summed E-state index contributed by atoms with van der Waals surface area (Å²) in [4.78, 5) is 21.0. The van der Waals surface area contributed by atoms with Gasteiger partial charge in [-0.15, -0.1) is 0 Å². The van der Waals surface area contributed by atoms with Crippen molar-refractivity contribution in [2.45, 2.75) is 31.3 Å². The zero-order valence-corrected chi connectivity index (χ0v) is 15.5. The van der Waals surface area contributed by atoms with Gasteiger partial charge in [-0.2, -0.15) is 4.98 Å². The van der Waals surface area contributed by atoms with Gasteiger partial charge in [0.2, 0.25) is 17.6 Å². The molecule has 0 spiro atoms. The average Bonchev–Trinajstić information content (AvgIpc) is 3.16. The molecule has 0 bridgehead atoms. The van der Waals surface area contributed by atoms with Crippen LogP contribution in [0, 0.1) is 0 Å². The number of hydrogen-bond acceptors (Lipinski definition) is 6. The van der Waals surface area contributed by atoms with Gasteiger partial charge in [-0.1, -0.05) is 54.2 Å². The standard InChI is InChI=1S/C19H20N4O2S/c1-3-17-22-18(23-25-17)15-10-7-11-20-19(15)26-12-16(24)21-13(2)14-8-5-4-6-9-14/h4-11,13H,3,12H2,1-2H3,(H,21,24)/t13-/m0/s1. The molecule has 134 valence electrons. The van der Waals surface area contributed by atoms with Gasteiger partial charge in [-0.3, -0.25) is 4.79 Å². The van der Waals surface area contributed by atoms with E-state index < -0.39 is 0 Å². The summed E-state index contributed by atoms with van der Waals surface area (Å²) in [5.41, 5.74) is 1.84. The second kappa shape index (κ2) is 8.62. The van der Waals surface area contributed by atoms with Gasteiger partial charge in [0.25, 0.3) is 0 Å². The third-order valence-electron chi connectivity index (χ3n) is 3.80. The third-order valence-corrected chi connectivity index (χ3v) is 4.80. The Morgan fingerprint density at radius 3 is 2.77 bits per heavy atom. The van der Waals surface area contributed by atoms with E-state index in [0.717, 1.165) is 11.1 Å². The van der Waals surface area contributed by atoms with Crippen LogP contribution in [0.1, 0.15) is 31.3 Å². The molecule has 0 aliphatic heterocycles. The molecule has 0 aliphatic rings. The molecule has 1 amide bonds. The molecule has 3 rings (SSSR count). The van der Waals surface area contributed by atoms with Crippen LogP contribution in [0.4, 0.5) is 0 Å². The molecule has 2 heterocycles. The summed E-state index contributed by atoms with van der Waals surface area (Å²) in [6.45, 7) is 3.92. The molecule has 0 unspecified atom stereocenters. The van der Waals surface area contributed by atoms with Crippen molar-refractivity contribution in [3.8, 4) is 11.4 Å². The fourth-order valence-corrected chi connectivity index (χ4v) is 3.23. The van der Waals surface area contributed by atoms with Crippen molar-refractivity contribution < 1.29 is 9.32 Å². The van der Waals surface area contributed by atoms with Crippen LogP contribution >= 0.6 is 11.8 Å². The van der Waals surface area contributed by atoms with Gasteiger partial charge in [0.1, 0.15) is 5.03 Å². The summed E-state index contributed by atoms with van der Waals surface area (Å²) in [6, 6.07) is 13.5. The molecule has 26 heavy (non-hydrogen) atoms. The molecule has 2 aromatic heterocycles. The number of pyridine rings is 1. The number of carbonyl (C=O) groups excluding carboxylic acids is 1. The van der Waals surface area contributed by atoms with Crippen LogP contribution in [0.25, 0.3) is 11.4 Å². The largest absolute Gasteiger partial charge is 0.349 e. The smallest absolute Gasteiger partial charge is 0.230 e. The highest BCUT2D eigenvalue weighted by Gasteiger charge is 2.15. The van der Waals surface area contributed by atoms with E-state index in [-0.39, 0.29) is 17.7 Å². The first-order valence-corrected chi connectivity index (χ1v) is 9.41. The predicted octanol–water partition coefficient (Wildman–Crippen LogP) is 3.66. The van der Waals surface area contributed by atoms with Crippen LogP contribution in [0.3, 0.4) is 0 Å². The average molecular weight is 368 g/mol. The van der Waals surface area contributed by atoms with Crippen LogP contribution in [0.2, 0.25) is 0 Å². The van der Waals surface area contributed by atoms with E-state index in [1.165, 1.54) is 11.8 Å². The van der Waals surface area contributed by atoms with Gasteiger partial charge in [-0.25, -0.2) is 4.98 Å². The van der Waals surface area contributed by atoms with Gasteiger partial charge >= 0.3 is 0 Å². The van der Waals surface area contributed by atoms with Crippen molar-refractivity contribution in [1.29, 1.82) is 0 Å². The maximum atomic E-state index is 12.3. The summed E-state index contributed by atoms with van der Waals surface area (Å²) >= 11 is 1.36. The maximum absolute atomic E-state index is 12.3. The van der Waals surface area contributed by atoms with E-state index in [4.69, 9.17) is 4.52 Å². The Labute approximate surface area is 156 Å². The number of carbonyl (C=O) groups is 1. The lowest BCUT2D eigenvalue weighted by Gasteiger charge is -2.14. The van der Waals surface area contributed by atoms with Crippen molar-refractivity contribution in [3.63, 3.8) is 0 Å². The first kappa shape index (κ1) is 18.1. The topological polar surface area (TPSA) is 80.9 Å². The second-order valence-electron chi connectivity index (χ2n) is 5.71. The molecule has 6 nitrogen and oxygen atoms in total. The predicted molar refractivity (Wildman–Crippen MR) is 101 cm³/mol. The first-order valence-electron chi connectivity index (χ1n) is 8.42. The lowest BCUT2D eigenvalue weighted by Crippen LogP contribution is -2.28. The van der Waals surface area contributed by atoms with E-state index in [0.29, 0.717) is 23.2 Å². The molecule has 1 N–H and O–H groups in total. The van der Waals surface area contributed by atoms with E-state index in [9.17, 15) is 4.79 Å². The molecule has 1 aromatic carbocycles. The van der Waals surface area contributed by atoms with E-state index >= 15 is 0 Å². The number of rotatable bonds is 7. The number of aryl methyl sites for hydroxylation is 1. The highest BCUT2D eigenvalue weighted by Crippen LogP contribution is 2.27. The van der Waals surface area contributed by atoms with E-state index in [1.54, 1.807) is 6.20 Å². The first-order chi connectivity index (χ1) is 12.7. The minimum atomic E-state index is -0.0506.